The molecule has 0 aliphatic rings. The fourth-order valence-corrected chi connectivity index (χ4v) is 2.64. The van der Waals surface area contributed by atoms with Crippen LogP contribution in [0.15, 0.2) is 46.0 Å². The second-order valence-electron chi connectivity index (χ2n) is 5.24. The van der Waals surface area contributed by atoms with Crippen LogP contribution in [0.25, 0.3) is 0 Å². The van der Waals surface area contributed by atoms with Crippen LogP contribution in [-0.2, 0) is 4.79 Å². The largest absolute Gasteiger partial charge is 0.496 e. The van der Waals surface area contributed by atoms with E-state index in [2.05, 4.69) is 26.5 Å². The molecule has 0 fully saturated rings. The van der Waals surface area contributed by atoms with Crippen LogP contribution in [0.3, 0.4) is 0 Å². The molecule has 0 saturated carbocycles. The number of carbonyl (C=O) groups is 1. The molecule has 1 amide bonds. The summed E-state index contributed by atoms with van der Waals surface area (Å²) in [6.07, 6.45) is 1.55. The first-order chi connectivity index (χ1) is 11.5. The van der Waals surface area contributed by atoms with E-state index in [9.17, 15) is 4.79 Å². The van der Waals surface area contributed by atoms with Gasteiger partial charge in [-0.05, 0) is 65.2 Å². The molecular formula is C18H19BrN2O3. The Bertz CT molecular complexity index is 760. The van der Waals surface area contributed by atoms with Crippen molar-refractivity contribution in [2.45, 2.75) is 13.8 Å². The van der Waals surface area contributed by atoms with Gasteiger partial charge in [-0.3, -0.25) is 4.79 Å². The third-order valence-corrected chi connectivity index (χ3v) is 3.89. The lowest BCUT2D eigenvalue weighted by atomic mass is 10.1. The Balaban J connectivity index is 1.85. The summed E-state index contributed by atoms with van der Waals surface area (Å²) in [4.78, 5) is 11.8. The maximum absolute atomic E-state index is 11.8. The number of nitrogens with one attached hydrogen (secondary N) is 1. The van der Waals surface area contributed by atoms with Crippen molar-refractivity contribution in [1.29, 1.82) is 0 Å². The van der Waals surface area contributed by atoms with Crippen LogP contribution in [0, 0.1) is 13.8 Å². The van der Waals surface area contributed by atoms with Crippen molar-refractivity contribution in [3.05, 3.63) is 57.6 Å². The Morgan fingerprint density at radius 3 is 2.62 bits per heavy atom. The van der Waals surface area contributed by atoms with Crippen LogP contribution < -0.4 is 14.9 Å². The number of methoxy groups -OCH3 is 1. The molecule has 24 heavy (non-hydrogen) atoms. The van der Waals surface area contributed by atoms with Gasteiger partial charge in [-0.25, -0.2) is 5.43 Å². The molecule has 6 heteroatoms. The first-order valence-corrected chi connectivity index (χ1v) is 8.14. The maximum atomic E-state index is 11.8. The summed E-state index contributed by atoms with van der Waals surface area (Å²) in [7, 11) is 1.60. The summed E-state index contributed by atoms with van der Waals surface area (Å²) < 4.78 is 11.5. The molecule has 5 nitrogen and oxygen atoms in total. The van der Waals surface area contributed by atoms with Gasteiger partial charge >= 0.3 is 0 Å². The molecule has 0 aliphatic heterocycles. The van der Waals surface area contributed by atoms with E-state index in [-0.39, 0.29) is 12.5 Å². The first-order valence-electron chi connectivity index (χ1n) is 7.35. The standard InChI is InChI=1S/C18H19BrN2O3/c1-12-4-6-16(13(2)8-12)24-11-18(22)21-20-10-14-5-7-17(23-3)15(19)9-14/h4-10H,11H2,1-3H3,(H,21,22)/b20-10-. The number of benzene rings is 2. The molecule has 0 aliphatic carbocycles. The monoisotopic (exact) mass is 390 g/mol. The molecule has 2 rings (SSSR count). The van der Waals surface area contributed by atoms with Crippen LogP contribution in [0.4, 0.5) is 0 Å². The second kappa shape index (κ2) is 8.49. The molecule has 0 bridgehead atoms. The average Bonchev–Trinajstić information content (AvgIpc) is 2.54. The molecular weight excluding hydrogens is 372 g/mol. The number of halogens is 1. The third-order valence-electron chi connectivity index (χ3n) is 3.27. The number of hydrazone groups is 1. The number of hydrogen-bond acceptors (Lipinski definition) is 4. The number of amides is 1. The molecule has 0 spiro atoms. The molecule has 0 heterocycles. The summed E-state index contributed by atoms with van der Waals surface area (Å²) in [6.45, 7) is 3.86. The Kier molecular flexibility index (Phi) is 6.37. The fraction of sp³-hybridized carbons (Fsp3) is 0.222. The Morgan fingerprint density at radius 1 is 1.21 bits per heavy atom. The van der Waals surface area contributed by atoms with E-state index in [4.69, 9.17) is 9.47 Å². The minimum absolute atomic E-state index is 0.0897. The highest BCUT2D eigenvalue weighted by Crippen LogP contribution is 2.24. The predicted octanol–water partition coefficient (Wildman–Crippen LogP) is 3.60. The minimum atomic E-state index is -0.321. The van der Waals surface area contributed by atoms with E-state index < -0.39 is 0 Å². The van der Waals surface area contributed by atoms with Gasteiger partial charge in [0.25, 0.3) is 5.91 Å². The Hall–Kier alpha value is -2.34. The summed E-state index contributed by atoms with van der Waals surface area (Å²) in [5.74, 6) is 1.11. The van der Waals surface area contributed by atoms with Gasteiger partial charge < -0.3 is 9.47 Å². The second-order valence-corrected chi connectivity index (χ2v) is 6.10. The smallest absolute Gasteiger partial charge is 0.277 e. The van der Waals surface area contributed by atoms with Crippen molar-refractivity contribution < 1.29 is 14.3 Å². The quantitative estimate of drug-likeness (QED) is 0.605. The van der Waals surface area contributed by atoms with E-state index in [0.29, 0.717) is 5.75 Å². The molecule has 0 saturated heterocycles. The molecule has 0 radical (unpaired) electrons. The molecule has 0 atom stereocenters. The SMILES string of the molecule is COc1ccc(/C=N\NC(=O)COc2ccc(C)cc2C)cc1Br. The highest BCUT2D eigenvalue weighted by atomic mass is 79.9. The first kappa shape index (κ1) is 18.0. The molecule has 0 aromatic heterocycles. The lowest BCUT2D eigenvalue weighted by Gasteiger charge is -2.08. The summed E-state index contributed by atoms with van der Waals surface area (Å²) in [5.41, 5.74) is 5.42. The molecule has 0 unspecified atom stereocenters. The van der Waals surface area contributed by atoms with E-state index in [1.165, 1.54) is 0 Å². The molecule has 1 N–H and O–H groups in total. The number of nitrogens with zero attached hydrogens (tertiary/aromatic N) is 1. The van der Waals surface area contributed by atoms with Crippen LogP contribution in [0.5, 0.6) is 11.5 Å². The predicted molar refractivity (Wildman–Crippen MR) is 97.8 cm³/mol. The van der Waals surface area contributed by atoms with Crippen molar-refractivity contribution in [3.8, 4) is 11.5 Å². The zero-order valence-electron chi connectivity index (χ0n) is 13.8. The summed E-state index contributed by atoms with van der Waals surface area (Å²) >= 11 is 3.40. The highest BCUT2D eigenvalue weighted by molar-refractivity contribution is 9.10. The van der Waals surface area contributed by atoms with Gasteiger partial charge in [-0.2, -0.15) is 5.10 Å². The van der Waals surface area contributed by atoms with Gasteiger partial charge in [0.1, 0.15) is 11.5 Å². The zero-order chi connectivity index (χ0) is 17.5. The number of aryl methyl sites for hydroxylation is 2. The van der Waals surface area contributed by atoms with Gasteiger partial charge in [-0.1, -0.05) is 17.7 Å². The molecule has 2 aromatic carbocycles. The Morgan fingerprint density at radius 2 is 1.96 bits per heavy atom. The minimum Gasteiger partial charge on any atom is -0.496 e. The van der Waals surface area contributed by atoms with Crippen LogP contribution in [-0.4, -0.2) is 25.8 Å². The zero-order valence-corrected chi connectivity index (χ0v) is 15.4. The van der Waals surface area contributed by atoms with Gasteiger partial charge in [0, 0.05) is 0 Å². The third kappa shape index (κ3) is 5.09. The van der Waals surface area contributed by atoms with Gasteiger partial charge in [-0.15, -0.1) is 0 Å². The fourth-order valence-electron chi connectivity index (χ4n) is 2.08. The number of hydrogen-bond donors (Lipinski definition) is 1. The van der Waals surface area contributed by atoms with E-state index in [1.807, 2.05) is 50.2 Å². The average molecular weight is 391 g/mol. The molecule has 126 valence electrons. The van der Waals surface area contributed by atoms with Crippen molar-refractivity contribution in [3.63, 3.8) is 0 Å². The van der Waals surface area contributed by atoms with E-state index >= 15 is 0 Å². The van der Waals surface area contributed by atoms with Gasteiger partial charge in [0.05, 0.1) is 17.8 Å². The number of rotatable bonds is 6. The summed E-state index contributed by atoms with van der Waals surface area (Å²) in [6, 6.07) is 11.3. The van der Waals surface area contributed by atoms with Crippen molar-refractivity contribution in [2.75, 3.05) is 13.7 Å². The lowest BCUT2D eigenvalue weighted by Crippen LogP contribution is -2.24. The van der Waals surface area contributed by atoms with E-state index in [0.717, 1.165) is 26.9 Å². The van der Waals surface area contributed by atoms with Gasteiger partial charge in [0.2, 0.25) is 0 Å². The van der Waals surface area contributed by atoms with Crippen LogP contribution in [0.1, 0.15) is 16.7 Å². The van der Waals surface area contributed by atoms with Crippen molar-refractivity contribution >= 4 is 28.1 Å². The van der Waals surface area contributed by atoms with Crippen molar-refractivity contribution in [1.82, 2.24) is 5.43 Å². The topological polar surface area (TPSA) is 59.9 Å². The normalized spacial score (nSPS) is 10.7. The van der Waals surface area contributed by atoms with E-state index in [1.54, 1.807) is 13.3 Å². The summed E-state index contributed by atoms with van der Waals surface area (Å²) in [5, 5.41) is 3.92. The van der Waals surface area contributed by atoms with Crippen LogP contribution in [0.2, 0.25) is 0 Å². The van der Waals surface area contributed by atoms with Gasteiger partial charge in [0.15, 0.2) is 6.61 Å². The maximum Gasteiger partial charge on any atom is 0.277 e. The lowest BCUT2D eigenvalue weighted by molar-refractivity contribution is -0.123. The highest BCUT2D eigenvalue weighted by Gasteiger charge is 2.04. The molecule has 2 aromatic rings. The number of carbonyl (C=O) groups excluding carboxylic acids is 1. The van der Waals surface area contributed by atoms with Crippen molar-refractivity contribution in [2.24, 2.45) is 5.10 Å². The number of ether oxygens (including phenoxy) is 2. The van der Waals surface area contributed by atoms with Crippen LogP contribution >= 0.6 is 15.9 Å². The Labute approximate surface area is 149 Å².